The lowest BCUT2D eigenvalue weighted by molar-refractivity contribution is 0.0956. The lowest BCUT2D eigenvalue weighted by atomic mass is 10.1. The number of hydrogen-bond donors (Lipinski definition) is 1. The Bertz CT molecular complexity index is 737. The van der Waals surface area contributed by atoms with Gasteiger partial charge in [-0.1, -0.05) is 49.2 Å². The normalized spacial score (nSPS) is 15.2. The average molecular weight is 397 g/mol. The number of aryl methyl sites for hydroxylation is 1. The molecule has 1 fully saturated rings. The molecular weight excluding hydrogens is 364 g/mol. The minimum absolute atomic E-state index is 0.0258. The molecule has 1 aliphatic heterocycles. The van der Waals surface area contributed by atoms with Crippen LogP contribution in [0.1, 0.15) is 52.7 Å². The van der Waals surface area contributed by atoms with Crippen LogP contribution in [0.15, 0.2) is 48.5 Å². The van der Waals surface area contributed by atoms with Crippen LogP contribution in [0.2, 0.25) is 0 Å². The molecule has 0 radical (unpaired) electrons. The van der Waals surface area contributed by atoms with Crippen molar-refractivity contribution in [3.63, 3.8) is 0 Å². The van der Waals surface area contributed by atoms with Gasteiger partial charge in [0.25, 0.3) is 5.91 Å². The fourth-order valence-electron chi connectivity index (χ4n) is 3.61. The van der Waals surface area contributed by atoms with Crippen LogP contribution in [-0.2, 0) is 12.3 Å². The predicted octanol–water partition coefficient (Wildman–Crippen LogP) is 5.03. The van der Waals surface area contributed by atoms with Crippen LogP contribution in [0.3, 0.4) is 0 Å². The summed E-state index contributed by atoms with van der Waals surface area (Å²) in [6, 6.07) is 16.6. The maximum Gasteiger partial charge on any atom is 0.251 e. The van der Waals surface area contributed by atoms with Gasteiger partial charge >= 0.3 is 0 Å². The Morgan fingerprint density at radius 2 is 1.71 bits per heavy atom. The molecule has 1 aliphatic rings. The van der Waals surface area contributed by atoms with Gasteiger partial charge < -0.3 is 5.32 Å². The number of carbonyl (C=O) groups is 1. The van der Waals surface area contributed by atoms with E-state index < -0.39 is 0 Å². The van der Waals surface area contributed by atoms with Gasteiger partial charge in [0.05, 0.1) is 0 Å². The molecule has 3 rings (SSSR count). The van der Waals surface area contributed by atoms with Gasteiger partial charge in [0, 0.05) is 30.2 Å². The third-order valence-electron chi connectivity index (χ3n) is 5.37. The Morgan fingerprint density at radius 1 is 1.00 bits per heavy atom. The van der Waals surface area contributed by atoms with Crippen LogP contribution in [0.4, 0.5) is 0 Å². The lowest BCUT2D eigenvalue weighted by Crippen LogP contribution is -2.26. The fraction of sp³-hybridized carbons (Fsp3) is 0.458. The first-order valence-corrected chi connectivity index (χ1v) is 11.6. The number of amides is 1. The van der Waals surface area contributed by atoms with Crippen LogP contribution >= 0.6 is 11.8 Å². The van der Waals surface area contributed by atoms with Crippen molar-refractivity contribution >= 4 is 17.7 Å². The molecule has 4 heteroatoms. The van der Waals surface area contributed by atoms with E-state index in [1.54, 1.807) is 0 Å². The maximum atomic E-state index is 12.3. The van der Waals surface area contributed by atoms with E-state index >= 15 is 0 Å². The number of hydrogen-bond acceptors (Lipinski definition) is 3. The van der Waals surface area contributed by atoms with Crippen molar-refractivity contribution in [2.75, 3.05) is 25.4 Å². The zero-order chi connectivity index (χ0) is 19.6. The molecular formula is C24H32N2OS. The first kappa shape index (κ1) is 20.9. The second-order valence-corrected chi connectivity index (χ2v) is 8.73. The molecule has 1 N–H and O–H groups in total. The van der Waals surface area contributed by atoms with Gasteiger partial charge in [0.15, 0.2) is 0 Å². The molecule has 0 atom stereocenters. The first-order valence-electron chi connectivity index (χ1n) is 10.4. The Balaban J connectivity index is 1.37. The second-order valence-electron chi connectivity index (χ2n) is 7.62. The maximum absolute atomic E-state index is 12.3. The number of nitrogens with zero attached hydrogens (tertiary/aromatic N) is 1. The quantitative estimate of drug-likeness (QED) is 0.635. The number of nitrogens with one attached hydrogen (secondary N) is 1. The van der Waals surface area contributed by atoms with Crippen molar-refractivity contribution in [2.45, 2.75) is 44.9 Å². The van der Waals surface area contributed by atoms with Crippen molar-refractivity contribution in [3.8, 4) is 0 Å². The Hall–Kier alpha value is -1.78. The highest BCUT2D eigenvalue weighted by Crippen LogP contribution is 2.16. The Kier molecular flexibility index (Phi) is 8.43. The molecule has 0 aromatic heterocycles. The van der Waals surface area contributed by atoms with Gasteiger partial charge in [0.2, 0.25) is 0 Å². The molecule has 150 valence electrons. The molecule has 0 saturated carbocycles. The van der Waals surface area contributed by atoms with Crippen LogP contribution in [0, 0.1) is 6.92 Å². The summed E-state index contributed by atoms with van der Waals surface area (Å²) >= 11 is 1.86. The monoisotopic (exact) mass is 396 g/mol. The highest BCUT2D eigenvalue weighted by molar-refractivity contribution is 7.98. The highest BCUT2D eigenvalue weighted by atomic mass is 32.2. The largest absolute Gasteiger partial charge is 0.351 e. The summed E-state index contributed by atoms with van der Waals surface area (Å²) in [6.07, 6.45) is 5.34. The number of carbonyl (C=O) groups excluding carboxylic acids is 1. The average Bonchev–Trinajstić information content (AvgIpc) is 2.98. The predicted molar refractivity (Wildman–Crippen MR) is 120 cm³/mol. The first-order chi connectivity index (χ1) is 13.7. The molecule has 0 aliphatic carbocycles. The van der Waals surface area contributed by atoms with Crippen molar-refractivity contribution in [3.05, 3.63) is 70.8 Å². The van der Waals surface area contributed by atoms with Gasteiger partial charge in [0.1, 0.15) is 0 Å². The van der Waals surface area contributed by atoms with Crippen molar-refractivity contribution in [1.29, 1.82) is 0 Å². The zero-order valence-electron chi connectivity index (χ0n) is 17.0. The van der Waals surface area contributed by atoms with Crippen LogP contribution < -0.4 is 5.32 Å². The molecule has 2 aromatic carbocycles. The molecule has 1 saturated heterocycles. The summed E-state index contributed by atoms with van der Waals surface area (Å²) < 4.78 is 0. The lowest BCUT2D eigenvalue weighted by Gasteiger charge is -2.19. The topological polar surface area (TPSA) is 32.3 Å². The molecule has 0 unspecified atom stereocenters. The minimum Gasteiger partial charge on any atom is -0.351 e. The smallest absolute Gasteiger partial charge is 0.251 e. The third kappa shape index (κ3) is 6.68. The Morgan fingerprint density at radius 3 is 2.43 bits per heavy atom. The van der Waals surface area contributed by atoms with E-state index in [0.717, 1.165) is 23.6 Å². The van der Waals surface area contributed by atoms with E-state index in [0.29, 0.717) is 6.54 Å². The van der Waals surface area contributed by atoms with Crippen molar-refractivity contribution < 1.29 is 4.79 Å². The minimum atomic E-state index is 0.0258. The van der Waals surface area contributed by atoms with Crippen LogP contribution in [0.25, 0.3) is 0 Å². The van der Waals surface area contributed by atoms with Crippen LogP contribution in [0.5, 0.6) is 0 Å². The summed E-state index contributed by atoms with van der Waals surface area (Å²) in [5.41, 5.74) is 4.76. The summed E-state index contributed by atoms with van der Waals surface area (Å²) in [4.78, 5) is 14.9. The molecule has 3 nitrogen and oxygen atoms in total. The van der Waals surface area contributed by atoms with Crippen molar-refractivity contribution in [2.24, 2.45) is 0 Å². The Labute approximate surface area is 173 Å². The fourth-order valence-corrected chi connectivity index (χ4v) is 4.54. The summed E-state index contributed by atoms with van der Waals surface area (Å²) in [5.74, 6) is 1.94. The number of likely N-dealkylation sites (tertiary alicyclic amines) is 1. The van der Waals surface area contributed by atoms with E-state index in [4.69, 9.17) is 0 Å². The van der Waals surface area contributed by atoms with E-state index in [-0.39, 0.29) is 5.91 Å². The van der Waals surface area contributed by atoms with Gasteiger partial charge in [-0.2, -0.15) is 11.8 Å². The number of thioether (sulfide) groups is 1. The van der Waals surface area contributed by atoms with Gasteiger partial charge in [-0.3, -0.25) is 9.69 Å². The highest BCUT2D eigenvalue weighted by Gasteiger charge is 2.10. The summed E-state index contributed by atoms with van der Waals surface area (Å²) in [5, 5.41) is 3.04. The third-order valence-corrected chi connectivity index (χ3v) is 6.38. The number of benzene rings is 2. The van der Waals surface area contributed by atoms with Gasteiger partial charge in [-0.25, -0.2) is 0 Å². The second kappa shape index (κ2) is 11.3. The molecule has 1 heterocycles. The van der Waals surface area contributed by atoms with Crippen molar-refractivity contribution in [1.82, 2.24) is 10.2 Å². The molecule has 1 amide bonds. The van der Waals surface area contributed by atoms with Gasteiger partial charge in [-0.05, 0) is 61.7 Å². The molecule has 2 aromatic rings. The van der Waals surface area contributed by atoms with E-state index in [1.807, 2.05) is 23.9 Å². The SMILES string of the molecule is Cc1ccccc1CSCCNC(=O)c1ccc(CN2CCCCCC2)cc1. The number of rotatable bonds is 8. The standard InChI is InChI=1S/C24H32N2OS/c1-20-8-4-5-9-23(20)19-28-17-14-25-24(27)22-12-10-21(11-13-22)18-26-15-6-2-3-7-16-26/h4-5,8-13H,2-3,6-7,14-19H2,1H3,(H,25,27). The van der Waals surface area contributed by atoms with E-state index in [2.05, 4.69) is 53.5 Å². The molecule has 0 spiro atoms. The summed E-state index contributed by atoms with van der Waals surface area (Å²) in [6.45, 7) is 6.24. The van der Waals surface area contributed by atoms with Crippen LogP contribution in [-0.4, -0.2) is 36.2 Å². The molecule has 0 bridgehead atoms. The zero-order valence-corrected chi connectivity index (χ0v) is 17.8. The van der Waals surface area contributed by atoms with E-state index in [9.17, 15) is 4.79 Å². The molecule has 28 heavy (non-hydrogen) atoms. The van der Waals surface area contributed by atoms with Gasteiger partial charge in [-0.15, -0.1) is 0 Å². The summed E-state index contributed by atoms with van der Waals surface area (Å²) in [7, 11) is 0. The van der Waals surface area contributed by atoms with E-state index in [1.165, 1.54) is 55.5 Å².